The van der Waals surface area contributed by atoms with Gasteiger partial charge < -0.3 is 5.11 Å². The molecule has 0 aromatic carbocycles. The van der Waals surface area contributed by atoms with Crippen LogP contribution in [-0.4, -0.2) is 11.2 Å². The first-order valence-electron chi connectivity index (χ1n) is 8.32. The first-order valence-corrected chi connectivity index (χ1v) is 8.32. The number of rotatable bonds is 12. The van der Waals surface area contributed by atoms with Crippen molar-refractivity contribution >= 4 is 0 Å². The zero-order valence-corrected chi connectivity index (χ0v) is 13.3. The molecular weight excluding hydrogens is 220 g/mol. The summed E-state index contributed by atoms with van der Waals surface area (Å²) in [5, 5.41) is 10.2. The maximum absolute atomic E-state index is 10.2. The molecule has 0 aromatic rings. The summed E-state index contributed by atoms with van der Waals surface area (Å²) in [6.45, 7) is 9.09. The molecule has 0 bridgehead atoms. The van der Waals surface area contributed by atoms with Crippen molar-refractivity contribution < 1.29 is 5.11 Å². The van der Waals surface area contributed by atoms with Crippen LogP contribution < -0.4 is 0 Å². The highest BCUT2D eigenvalue weighted by Crippen LogP contribution is 2.38. The lowest BCUT2D eigenvalue weighted by molar-refractivity contribution is 0.0743. The maximum Gasteiger partial charge on any atom is 0.0545 e. The molecule has 0 spiro atoms. The van der Waals surface area contributed by atoms with E-state index in [4.69, 9.17) is 0 Å². The highest BCUT2D eigenvalue weighted by molar-refractivity contribution is 4.79. The third-order valence-corrected chi connectivity index (χ3v) is 4.62. The topological polar surface area (TPSA) is 20.2 Å². The van der Waals surface area contributed by atoms with Gasteiger partial charge in [0.15, 0.2) is 0 Å². The van der Waals surface area contributed by atoms with Crippen molar-refractivity contribution in [2.24, 2.45) is 5.41 Å². The minimum atomic E-state index is -0.0707. The van der Waals surface area contributed by atoms with Gasteiger partial charge in [-0.15, -0.1) is 0 Å². The summed E-state index contributed by atoms with van der Waals surface area (Å²) in [7, 11) is 0. The normalized spacial score (nSPS) is 13.8. The summed E-state index contributed by atoms with van der Waals surface area (Å²) in [4.78, 5) is 0. The van der Waals surface area contributed by atoms with Crippen LogP contribution in [0.1, 0.15) is 98.3 Å². The lowest BCUT2D eigenvalue weighted by atomic mass is 9.73. The van der Waals surface area contributed by atoms with Crippen molar-refractivity contribution in [1.29, 1.82) is 0 Å². The summed E-state index contributed by atoms with van der Waals surface area (Å²) in [5.74, 6) is 0. The fourth-order valence-corrected chi connectivity index (χ4v) is 2.95. The van der Waals surface area contributed by atoms with Crippen molar-refractivity contribution in [3.8, 4) is 0 Å². The SMILES string of the molecule is CCCCCCC(O)CC(CC)(CC)CCCC. The van der Waals surface area contributed by atoms with E-state index in [-0.39, 0.29) is 6.10 Å². The smallest absolute Gasteiger partial charge is 0.0545 e. The minimum Gasteiger partial charge on any atom is -0.393 e. The quantitative estimate of drug-likeness (QED) is 0.444. The van der Waals surface area contributed by atoms with Gasteiger partial charge in [0.2, 0.25) is 0 Å². The molecule has 0 saturated heterocycles. The van der Waals surface area contributed by atoms with Gasteiger partial charge in [-0.1, -0.05) is 79.1 Å². The first-order chi connectivity index (χ1) is 8.64. The zero-order chi connectivity index (χ0) is 13.9. The Labute approximate surface area is 115 Å². The van der Waals surface area contributed by atoms with Gasteiger partial charge in [-0.25, -0.2) is 0 Å². The molecule has 1 nitrogen and oxygen atoms in total. The Balaban J connectivity index is 4.05. The van der Waals surface area contributed by atoms with E-state index in [9.17, 15) is 5.11 Å². The fourth-order valence-electron chi connectivity index (χ4n) is 2.95. The molecule has 110 valence electrons. The molecular formula is C17H36O. The average molecular weight is 256 g/mol. The molecule has 18 heavy (non-hydrogen) atoms. The average Bonchev–Trinajstić information content (AvgIpc) is 2.40. The molecule has 0 amide bonds. The molecule has 0 radical (unpaired) electrons. The number of hydrogen-bond donors (Lipinski definition) is 1. The third kappa shape index (κ3) is 7.41. The summed E-state index contributed by atoms with van der Waals surface area (Å²) >= 11 is 0. The van der Waals surface area contributed by atoms with Crippen molar-refractivity contribution in [3.63, 3.8) is 0 Å². The van der Waals surface area contributed by atoms with E-state index in [2.05, 4.69) is 27.7 Å². The summed E-state index contributed by atoms with van der Waals surface area (Å²) in [5.41, 5.74) is 0.403. The Morgan fingerprint density at radius 1 is 0.833 bits per heavy atom. The molecule has 1 heteroatoms. The van der Waals surface area contributed by atoms with Gasteiger partial charge in [0.05, 0.1) is 6.10 Å². The van der Waals surface area contributed by atoms with Crippen LogP contribution in [0.2, 0.25) is 0 Å². The minimum absolute atomic E-state index is 0.0707. The molecule has 0 fully saturated rings. The van der Waals surface area contributed by atoms with Crippen LogP contribution in [0.3, 0.4) is 0 Å². The van der Waals surface area contributed by atoms with Gasteiger partial charge in [0.25, 0.3) is 0 Å². The van der Waals surface area contributed by atoms with E-state index in [0.29, 0.717) is 5.41 Å². The molecule has 0 aliphatic carbocycles. The summed E-state index contributed by atoms with van der Waals surface area (Å²) in [6, 6.07) is 0. The van der Waals surface area contributed by atoms with Crippen LogP contribution in [0, 0.1) is 5.41 Å². The van der Waals surface area contributed by atoms with Gasteiger partial charge >= 0.3 is 0 Å². The molecule has 0 aliphatic heterocycles. The Kier molecular flexibility index (Phi) is 10.8. The Hall–Kier alpha value is -0.0400. The van der Waals surface area contributed by atoms with Gasteiger partial charge in [0.1, 0.15) is 0 Å². The lowest BCUT2D eigenvalue weighted by Crippen LogP contribution is -2.25. The first kappa shape index (κ1) is 18.0. The summed E-state index contributed by atoms with van der Waals surface area (Å²) < 4.78 is 0. The highest BCUT2D eigenvalue weighted by atomic mass is 16.3. The van der Waals surface area contributed by atoms with Gasteiger partial charge in [-0.05, 0) is 24.7 Å². The number of aliphatic hydroxyl groups excluding tert-OH is 1. The molecule has 0 aromatic heterocycles. The van der Waals surface area contributed by atoms with E-state index in [0.717, 1.165) is 12.8 Å². The second kappa shape index (κ2) is 10.8. The van der Waals surface area contributed by atoms with Crippen molar-refractivity contribution in [1.82, 2.24) is 0 Å². The molecule has 0 heterocycles. The largest absolute Gasteiger partial charge is 0.393 e. The second-order valence-electron chi connectivity index (χ2n) is 6.02. The van der Waals surface area contributed by atoms with Crippen molar-refractivity contribution in [3.05, 3.63) is 0 Å². The van der Waals surface area contributed by atoms with Crippen molar-refractivity contribution in [2.75, 3.05) is 0 Å². The van der Waals surface area contributed by atoms with Crippen LogP contribution in [0.5, 0.6) is 0 Å². The maximum atomic E-state index is 10.2. The Morgan fingerprint density at radius 2 is 1.44 bits per heavy atom. The van der Waals surface area contributed by atoms with Gasteiger partial charge in [0, 0.05) is 0 Å². The van der Waals surface area contributed by atoms with E-state index in [1.807, 2.05) is 0 Å². The predicted octanol–water partition coefficient (Wildman–Crippen LogP) is 5.70. The van der Waals surface area contributed by atoms with Crippen LogP contribution >= 0.6 is 0 Å². The van der Waals surface area contributed by atoms with E-state index >= 15 is 0 Å². The number of hydrogen-bond acceptors (Lipinski definition) is 1. The highest BCUT2D eigenvalue weighted by Gasteiger charge is 2.28. The van der Waals surface area contributed by atoms with E-state index in [1.165, 1.54) is 57.8 Å². The van der Waals surface area contributed by atoms with Crippen molar-refractivity contribution in [2.45, 2.75) is 104 Å². The molecule has 1 atom stereocenters. The van der Waals surface area contributed by atoms with Gasteiger partial charge in [-0.3, -0.25) is 0 Å². The lowest BCUT2D eigenvalue weighted by Gasteiger charge is -2.34. The molecule has 0 rings (SSSR count). The molecule has 1 unspecified atom stereocenters. The standard InChI is InChI=1S/C17H36O/c1-5-9-11-12-13-16(18)15-17(7-3,8-4)14-10-6-2/h16,18H,5-15H2,1-4H3. The Bertz CT molecular complexity index is 172. The number of unbranched alkanes of at least 4 members (excludes halogenated alkanes) is 4. The second-order valence-corrected chi connectivity index (χ2v) is 6.02. The van der Waals surface area contributed by atoms with Crippen LogP contribution in [0.4, 0.5) is 0 Å². The van der Waals surface area contributed by atoms with Crippen LogP contribution in [0.15, 0.2) is 0 Å². The molecule has 1 N–H and O–H groups in total. The fraction of sp³-hybridized carbons (Fsp3) is 1.00. The Morgan fingerprint density at radius 3 is 1.94 bits per heavy atom. The van der Waals surface area contributed by atoms with E-state index in [1.54, 1.807) is 0 Å². The van der Waals surface area contributed by atoms with Crippen LogP contribution in [0.25, 0.3) is 0 Å². The third-order valence-electron chi connectivity index (χ3n) is 4.62. The van der Waals surface area contributed by atoms with Gasteiger partial charge in [-0.2, -0.15) is 0 Å². The van der Waals surface area contributed by atoms with Crippen LogP contribution in [-0.2, 0) is 0 Å². The zero-order valence-electron chi connectivity index (χ0n) is 13.3. The molecule has 0 aliphatic rings. The molecule has 0 saturated carbocycles. The van der Waals surface area contributed by atoms with E-state index < -0.39 is 0 Å². The monoisotopic (exact) mass is 256 g/mol. The number of aliphatic hydroxyl groups is 1. The predicted molar refractivity (Wildman–Crippen MR) is 81.9 cm³/mol. The summed E-state index contributed by atoms with van der Waals surface area (Å²) in [6.07, 6.45) is 13.3.